The average molecular weight is 553 g/mol. The van der Waals surface area contributed by atoms with Crippen LogP contribution in [0.2, 0.25) is 0 Å². The maximum Gasteiger partial charge on any atom is 0.414 e. The van der Waals surface area contributed by atoms with Gasteiger partial charge in [-0.15, -0.1) is 0 Å². The summed E-state index contributed by atoms with van der Waals surface area (Å²) in [7, 11) is 0. The molecule has 0 bridgehead atoms. The first-order chi connectivity index (χ1) is 19.8. The zero-order chi connectivity index (χ0) is 28.9. The minimum atomic E-state index is -1.14. The highest BCUT2D eigenvalue weighted by atomic mass is 16.6. The van der Waals surface area contributed by atoms with Crippen LogP contribution in [0.3, 0.4) is 0 Å². The molecule has 4 aromatic rings. The van der Waals surface area contributed by atoms with Gasteiger partial charge < -0.3 is 25.6 Å². The van der Waals surface area contributed by atoms with Crippen LogP contribution < -0.4 is 20.7 Å². The van der Waals surface area contributed by atoms with Gasteiger partial charge in [-0.2, -0.15) is 0 Å². The van der Waals surface area contributed by atoms with Crippen molar-refractivity contribution < 1.29 is 29.0 Å². The lowest BCUT2D eigenvalue weighted by molar-refractivity contribution is -0.139. The van der Waals surface area contributed by atoms with E-state index in [1.54, 1.807) is 60.7 Å². The van der Waals surface area contributed by atoms with Crippen molar-refractivity contribution in [2.45, 2.75) is 18.6 Å². The van der Waals surface area contributed by atoms with Crippen LogP contribution in [0.4, 0.5) is 10.5 Å². The maximum absolute atomic E-state index is 12.8. The summed E-state index contributed by atoms with van der Waals surface area (Å²) in [6, 6.07) is 25.4. The Morgan fingerprint density at radius 2 is 1.68 bits per heavy atom. The quantitative estimate of drug-likeness (QED) is 0.171. The maximum atomic E-state index is 12.8. The number of nitrogens with zero attached hydrogens (tertiary/aromatic N) is 1. The summed E-state index contributed by atoms with van der Waals surface area (Å²) in [6.07, 6.45) is -0.890. The van der Waals surface area contributed by atoms with E-state index in [1.165, 1.54) is 4.90 Å². The molecule has 0 radical (unpaired) electrons. The number of carbonyl (C=O) groups excluding carboxylic acids is 2. The summed E-state index contributed by atoms with van der Waals surface area (Å²) in [4.78, 5) is 38.5. The van der Waals surface area contributed by atoms with E-state index in [1.807, 2.05) is 30.3 Å². The second kappa shape index (κ2) is 11.8. The highest BCUT2D eigenvalue weighted by molar-refractivity contribution is 6.00. The normalized spacial score (nSPS) is 15.3. The molecule has 2 atom stereocenters. The number of amidine groups is 1. The van der Waals surface area contributed by atoms with Crippen LogP contribution in [0.1, 0.15) is 21.5 Å². The van der Waals surface area contributed by atoms with Gasteiger partial charge in [-0.05, 0) is 64.9 Å². The van der Waals surface area contributed by atoms with E-state index in [9.17, 15) is 19.5 Å². The molecule has 0 saturated carbocycles. The Hall–Kier alpha value is -5.38. The molecule has 1 aliphatic heterocycles. The molecular weight excluding hydrogens is 524 g/mol. The van der Waals surface area contributed by atoms with Gasteiger partial charge in [0.25, 0.3) is 5.91 Å². The van der Waals surface area contributed by atoms with E-state index in [-0.39, 0.29) is 18.9 Å². The Kier molecular flexibility index (Phi) is 7.82. The second-order valence-electron chi connectivity index (χ2n) is 9.66. The number of cyclic esters (lactones) is 1. The predicted octanol–water partition coefficient (Wildman–Crippen LogP) is 3.95. The first-order valence-corrected chi connectivity index (χ1v) is 12.9. The second-order valence-corrected chi connectivity index (χ2v) is 9.66. The minimum absolute atomic E-state index is 0.0536. The van der Waals surface area contributed by atoms with Crippen LogP contribution in [0.15, 0.2) is 91.0 Å². The monoisotopic (exact) mass is 552 g/mol. The molecule has 10 heteroatoms. The lowest BCUT2D eigenvalue weighted by Gasteiger charge is -2.16. The first-order valence-electron chi connectivity index (χ1n) is 12.9. The number of fused-ring (bicyclic) bond motifs is 1. The molecule has 2 amide bonds. The van der Waals surface area contributed by atoms with Gasteiger partial charge >= 0.3 is 12.1 Å². The number of carboxylic acid groups (broad SMARTS) is 1. The van der Waals surface area contributed by atoms with Gasteiger partial charge in [-0.1, -0.05) is 42.5 Å². The predicted molar refractivity (Wildman–Crippen MR) is 154 cm³/mol. The molecule has 2 unspecified atom stereocenters. The molecule has 1 heterocycles. The number of anilines is 1. The van der Waals surface area contributed by atoms with Crippen molar-refractivity contribution in [1.82, 2.24) is 5.32 Å². The molecule has 0 aliphatic carbocycles. The number of nitrogens with one attached hydrogen (secondary N) is 2. The average Bonchev–Trinajstić information content (AvgIpc) is 3.36. The lowest BCUT2D eigenvalue weighted by Crippen LogP contribution is -2.42. The fourth-order valence-electron chi connectivity index (χ4n) is 4.56. The van der Waals surface area contributed by atoms with Crippen LogP contribution in [0, 0.1) is 5.41 Å². The number of hydrogen-bond donors (Lipinski definition) is 4. The molecule has 10 nitrogen and oxygen atoms in total. The molecule has 1 aliphatic rings. The summed E-state index contributed by atoms with van der Waals surface area (Å²) in [5.41, 5.74) is 7.77. The molecule has 4 aromatic carbocycles. The summed E-state index contributed by atoms with van der Waals surface area (Å²) in [5.74, 6) is -1.12. The Labute approximate surface area is 235 Å². The number of carbonyl (C=O) groups is 3. The number of carboxylic acids is 1. The fourth-order valence-corrected chi connectivity index (χ4v) is 4.56. The largest absolute Gasteiger partial charge is 0.490 e. The number of hydrogen-bond acceptors (Lipinski definition) is 6. The Bertz CT molecular complexity index is 1600. The lowest BCUT2D eigenvalue weighted by atomic mass is 10.0. The number of nitrogen functional groups attached to an aromatic ring is 1. The molecule has 41 heavy (non-hydrogen) atoms. The third kappa shape index (κ3) is 6.44. The number of aliphatic carboxylic acids is 1. The van der Waals surface area contributed by atoms with E-state index in [0.29, 0.717) is 34.7 Å². The van der Waals surface area contributed by atoms with Crippen LogP contribution in [0.25, 0.3) is 10.8 Å². The van der Waals surface area contributed by atoms with Gasteiger partial charge in [0, 0.05) is 23.2 Å². The standard InChI is InChI=1S/C31H28N4O6/c32-28(33)21-9-11-24(12-10-21)35-17-26(41-31(35)39)18-40-25-13-5-19(6-14-25)15-27(30(37)38)34-29(36)23-8-7-20-3-1-2-4-22(20)16-23/h1-14,16,26-27H,15,17-18H2,(H3,32,33)(H,34,36)(H,37,38). The highest BCUT2D eigenvalue weighted by Gasteiger charge is 2.33. The fraction of sp³-hybridized carbons (Fsp3) is 0.161. The topological polar surface area (TPSA) is 155 Å². The molecule has 5 N–H and O–H groups in total. The number of nitrogens with two attached hydrogens (primary N) is 1. The highest BCUT2D eigenvalue weighted by Crippen LogP contribution is 2.23. The van der Waals surface area contributed by atoms with E-state index < -0.39 is 30.1 Å². The molecule has 208 valence electrons. The minimum Gasteiger partial charge on any atom is -0.490 e. The summed E-state index contributed by atoms with van der Waals surface area (Å²) in [5, 5.41) is 21.7. The van der Waals surface area contributed by atoms with E-state index >= 15 is 0 Å². The number of benzene rings is 4. The molecule has 0 aromatic heterocycles. The van der Waals surface area contributed by atoms with Crippen LogP contribution in [0.5, 0.6) is 5.75 Å². The SMILES string of the molecule is N=C(N)c1ccc(N2CC(COc3ccc(CC(NC(=O)c4ccc5ccccc5c4)C(=O)O)cc3)OC2=O)cc1. The Balaban J connectivity index is 1.15. The van der Waals surface area contributed by atoms with E-state index in [0.717, 1.165) is 10.8 Å². The van der Waals surface area contributed by atoms with Crippen LogP contribution >= 0.6 is 0 Å². The molecule has 5 rings (SSSR count). The van der Waals surface area contributed by atoms with Crippen LogP contribution in [-0.2, 0) is 16.0 Å². The Morgan fingerprint density at radius 3 is 2.37 bits per heavy atom. The van der Waals surface area contributed by atoms with E-state index in [4.69, 9.17) is 20.6 Å². The third-order valence-electron chi connectivity index (χ3n) is 6.78. The first kappa shape index (κ1) is 27.2. The number of ether oxygens (including phenoxy) is 2. The molecule has 1 fully saturated rings. The zero-order valence-electron chi connectivity index (χ0n) is 21.9. The van der Waals surface area contributed by atoms with Gasteiger partial charge in [-0.25, -0.2) is 9.59 Å². The van der Waals surface area contributed by atoms with Crippen molar-refractivity contribution in [2.75, 3.05) is 18.1 Å². The Morgan fingerprint density at radius 1 is 1.00 bits per heavy atom. The summed E-state index contributed by atoms with van der Waals surface area (Å²) in [6.45, 7) is 0.431. The zero-order valence-corrected chi connectivity index (χ0v) is 21.9. The summed E-state index contributed by atoms with van der Waals surface area (Å²) < 4.78 is 11.2. The van der Waals surface area contributed by atoms with Gasteiger partial charge in [0.1, 0.15) is 24.2 Å². The van der Waals surface area contributed by atoms with Crippen molar-refractivity contribution in [1.29, 1.82) is 5.41 Å². The number of rotatable bonds is 10. The van der Waals surface area contributed by atoms with Gasteiger partial charge in [0.2, 0.25) is 0 Å². The third-order valence-corrected chi connectivity index (χ3v) is 6.78. The van der Waals surface area contributed by atoms with Crippen molar-refractivity contribution in [3.63, 3.8) is 0 Å². The van der Waals surface area contributed by atoms with Crippen molar-refractivity contribution in [3.8, 4) is 5.75 Å². The van der Waals surface area contributed by atoms with E-state index in [2.05, 4.69) is 5.32 Å². The van der Waals surface area contributed by atoms with Gasteiger partial charge in [-0.3, -0.25) is 15.1 Å². The van der Waals surface area contributed by atoms with Gasteiger partial charge in [0.15, 0.2) is 6.10 Å². The van der Waals surface area contributed by atoms with Gasteiger partial charge in [0.05, 0.1) is 6.54 Å². The van der Waals surface area contributed by atoms with Crippen LogP contribution in [-0.4, -0.2) is 54.2 Å². The summed E-state index contributed by atoms with van der Waals surface area (Å²) >= 11 is 0. The van der Waals surface area contributed by atoms with Crippen molar-refractivity contribution >= 4 is 40.3 Å². The molecular formula is C31H28N4O6. The smallest absolute Gasteiger partial charge is 0.414 e. The van der Waals surface area contributed by atoms with Crippen molar-refractivity contribution in [2.24, 2.45) is 5.73 Å². The molecule has 0 spiro atoms. The van der Waals surface area contributed by atoms with Crippen molar-refractivity contribution in [3.05, 3.63) is 108 Å². The number of amides is 2. The molecule has 1 saturated heterocycles.